The molecule has 1 amide bonds. The van der Waals surface area contributed by atoms with Gasteiger partial charge in [-0.15, -0.1) is 11.3 Å². The maximum absolute atomic E-state index is 13.1. The highest BCUT2D eigenvalue weighted by atomic mass is 32.2. The average molecular weight is 536 g/mol. The van der Waals surface area contributed by atoms with Gasteiger partial charge in [0.2, 0.25) is 10.0 Å². The van der Waals surface area contributed by atoms with Crippen LogP contribution in [0, 0.1) is 0 Å². The zero-order valence-corrected chi connectivity index (χ0v) is 22.7. The van der Waals surface area contributed by atoms with Gasteiger partial charge in [-0.2, -0.15) is 4.31 Å². The molecule has 1 aromatic carbocycles. The summed E-state index contributed by atoms with van der Waals surface area (Å²) in [4.78, 5) is 29.3. The highest BCUT2D eigenvalue weighted by Gasteiger charge is 2.33. The molecule has 196 valence electrons. The molecule has 1 saturated heterocycles. The Balaban J connectivity index is 1.55. The van der Waals surface area contributed by atoms with Gasteiger partial charge in [-0.05, 0) is 63.6 Å². The Labute approximate surface area is 216 Å². The number of ether oxygens (including phenoxy) is 2. The third-order valence-corrected chi connectivity index (χ3v) is 9.41. The van der Waals surface area contributed by atoms with Gasteiger partial charge < -0.3 is 14.8 Å². The number of nitrogens with one attached hydrogen (secondary N) is 1. The normalized spacial score (nSPS) is 21.1. The van der Waals surface area contributed by atoms with E-state index >= 15 is 0 Å². The van der Waals surface area contributed by atoms with E-state index in [1.807, 2.05) is 13.8 Å². The zero-order chi connectivity index (χ0) is 26.0. The summed E-state index contributed by atoms with van der Waals surface area (Å²) in [6.07, 6.45) is 0.334. The maximum atomic E-state index is 13.1. The van der Waals surface area contributed by atoms with Crippen LogP contribution in [0.3, 0.4) is 0 Å². The number of carbonyl (C=O) groups is 2. The number of rotatable bonds is 7. The zero-order valence-electron chi connectivity index (χ0n) is 21.1. The van der Waals surface area contributed by atoms with Crippen molar-refractivity contribution < 1.29 is 27.5 Å². The lowest BCUT2D eigenvalue weighted by Gasteiger charge is -2.34. The highest BCUT2D eigenvalue weighted by molar-refractivity contribution is 7.89. The molecule has 0 aliphatic carbocycles. The summed E-state index contributed by atoms with van der Waals surface area (Å²) in [6.45, 7) is 10.8. The maximum Gasteiger partial charge on any atom is 0.341 e. The number of thiophene rings is 1. The average Bonchev–Trinajstić information content (AvgIpc) is 3.20. The van der Waals surface area contributed by atoms with Gasteiger partial charge >= 0.3 is 5.97 Å². The first kappa shape index (κ1) is 26.7. The van der Waals surface area contributed by atoms with Gasteiger partial charge in [0.05, 0.1) is 29.3 Å². The van der Waals surface area contributed by atoms with E-state index < -0.39 is 21.9 Å². The molecule has 36 heavy (non-hydrogen) atoms. The number of hydrogen-bond acceptors (Lipinski definition) is 8. The van der Waals surface area contributed by atoms with Crippen molar-refractivity contribution in [2.75, 3.05) is 38.1 Å². The molecule has 11 heteroatoms. The van der Waals surface area contributed by atoms with Gasteiger partial charge in [0.15, 0.2) is 0 Å². The minimum atomic E-state index is -3.71. The third kappa shape index (κ3) is 5.50. The molecule has 2 aromatic rings. The first-order chi connectivity index (χ1) is 17.1. The number of benzene rings is 1. The molecular formula is C25H33N3O6S2. The minimum absolute atomic E-state index is 0.124. The fourth-order valence-electron chi connectivity index (χ4n) is 4.66. The second kappa shape index (κ2) is 11.0. The smallest absolute Gasteiger partial charge is 0.341 e. The summed E-state index contributed by atoms with van der Waals surface area (Å²) in [6, 6.07) is 5.87. The summed E-state index contributed by atoms with van der Waals surface area (Å²) < 4.78 is 38.6. The van der Waals surface area contributed by atoms with Gasteiger partial charge in [0, 0.05) is 36.6 Å². The van der Waals surface area contributed by atoms with E-state index in [0.717, 1.165) is 36.5 Å². The minimum Gasteiger partial charge on any atom is -0.462 e. The molecule has 2 atom stereocenters. The molecule has 0 saturated carbocycles. The Morgan fingerprint density at radius 1 is 1.14 bits per heavy atom. The van der Waals surface area contributed by atoms with Crippen LogP contribution in [0.5, 0.6) is 0 Å². The molecule has 0 radical (unpaired) electrons. The van der Waals surface area contributed by atoms with Crippen LogP contribution in [0.15, 0.2) is 29.2 Å². The molecule has 1 N–H and O–H groups in total. The van der Waals surface area contributed by atoms with E-state index in [0.29, 0.717) is 16.1 Å². The van der Waals surface area contributed by atoms with Gasteiger partial charge in [-0.25, -0.2) is 13.2 Å². The number of amides is 1. The molecule has 0 bridgehead atoms. The van der Waals surface area contributed by atoms with Crippen molar-refractivity contribution in [1.82, 2.24) is 9.21 Å². The van der Waals surface area contributed by atoms with Crippen LogP contribution in [-0.4, -0.2) is 74.5 Å². The molecule has 4 rings (SSSR count). The molecule has 0 unspecified atom stereocenters. The van der Waals surface area contributed by atoms with E-state index in [9.17, 15) is 18.0 Å². The number of morpholine rings is 1. The predicted octanol–water partition coefficient (Wildman–Crippen LogP) is 3.35. The first-order valence-electron chi connectivity index (χ1n) is 12.2. The van der Waals surface area contributed by atoms with E-state index in [4.69, 9.17) is 9.47 Å². The molecular weight excluding hydrogens is 502 g/mol. The van der Waals surface area contributed by atoms with E-state index in [1.165, 1.54) is 39.9 Å². The summed E-state index contributed by atoms with van der Waals surface area (Å²) >= 11 is 1.40. The summed E-state index contributed by atoms with van der Waals surface area (Å²) in [7, 11) is -3.71. The standard InChI is InChI=1S/C25H33N3O6S2/c1-5-27-12-11-20-21(15-27)35-24(22(20)25(30)33-6-2)26-23(29)18-7-9-19(10-8-18)36(31,32)28-13-16(3)34-17(4)14-28/h7-10,16-17H,5-6,11-15H2,1-4H3,(H,26,29)/t16-,17+. The van der Waals surface area contributed by atoms with Crippen LogP contribution in [-0.2, 0) is 32.5 Å². The lowest BCUT2D eigenvalue weighted by Crippen LogP contribution is -2.48. The van der Waals surface area contributed by atoms with Crippen molar-refractivity contribution >= 4 is 38.2 Å². The highest BCUT2D eigenvalue weighted by Crippen LogP contribution is 2.38. The molecule has 9 nitrogen and oxygen atoms in total. The van der Waals surface area contributed by atoms with Gasteiger partial charge in [0.1, 0.15) is 5.00 Å². The van der Waals surface area contributed by atoms with Crippen molar-refractivity contribution in [3.05, 3.63) is 45.8 Å². The van der Waals surface area contributed by atoms with Crippen LogP contribution in [0.2, 0.25) is 0 Å². The van der Waals surface area contributed by atoms with Crippen molar-refractivity contribution in [3.63, 3.8) is 0 Å². The van der Waals surface area contributed by atoms with E-state index in [1.54, 1.807) is 6.92 Å². The number of hydrogen-bond donors (Lipinski definition) is 1. The lowest BCUT2D eigenvalue weighted by molar-refractivity contribution is -0.0440. The van der Waals surface area contributed by atoms with Crippen molar-refractivity contribution in [2.24, 2.45) is 0 Å². The summed E-state index contributed by atoms with van der Waals surface area (Å²) in [5.41, 5.74) is 1.67. The number of fused-ring (bicyclic) bond motifs is 1. The number of esters is 1. The SMILES string of the molecule is CCOC(=O)c1c(NC(=O)c2ccc(S(=O)(=O)N3C[C@@H](C)O[C@@H](C)C3)cc2)sc2c1CCN(CC)C2. The second-order valence-corrected chi connectivity index (χ2v) is 12.1. The third-order valence-electron chi connectivity index (χ3n) is 6.43. The fourth-order valence-corrected chi connectivity index (χ4v) is 7.53. The van der Waals surface area contributed by atoms with Crippen LogP contribution < -0.4 is 5.32 Å². The van der Waals surface area contributed by atoms with Gasteiger partial charge in [0.25, 0.3) is 5.91 Å². The quantitative estimate of drug-likeness (QED) is 0.542. The molecule has 1 aromatic heterocycles. The molecule has 2 aliphatic heterocycles. The van der Waals surface area contributed by atoms with Crippen molar-refractivity contribution in [2.45, 2.75) is 57.8 Å². The summed E-state index contributed by atoms with van der Waals surface area (Å²) in [5.74, 6) is -0.852. The topological polar surface area (TPSA) is 105 Å². The number of nitrogens with zero attached hydrogens (tertiary/aromatic N) is 2. The fraction of sp³-hybridized carbons (Fsp3) is 0.520. The van der Waals surface area contributed by atoms with Crippen molar-refractivity contribution in [3.8, 4) is 0 Å². The van der Waals surface area contributed by atoms with E-state index in [2.05, 4.69) is 17.1 Å². The Morgan fingerprint density at radius 2 is 1.81 bits per heavy atom. The lowest BCUT2D eigenvalue weighted by atomic mass is 10.0. The van der Waals surface area contributed by atoms with Crippen LogP contribution in [0.1, 0.15) is 58.9 Å². The Hall–Kier alpha value is -2.31. The number of carbonyl (C=O) groups excluding carboxylic acids is 2. The second-order valence-electron chi connectivity index (χ2n) is 9.10. The van der Waals surface area contributed by atoms with Gasteiger partial charge in [-0.1, -0.05) is 6.92 Å². The van der Waals surface area contributed by atoms with Crippen molar-refractivity contribution in [1.29, 1.82) is 0 Å². The van der Waals surface area contributed by atoms with E-state index in [-0.39, 0.29) is 36.8 Å². The Morgan fingerprint density at radius 3 is 2.42 bits per heavy atom. The molecule has 1 fully saturated rings. The number of sulfonamides is 1. The number of likely N-dealkylation sites (N-methyl/N-ethyl adjacent to an activating group) is 1. The Kier molecular flexibility index (Phi) is 8.15. The number of anilines is 1. The predicted molar refractivity (Wildman–Crippen MR) is 138 cm³/mol. The van der Waals surface area contributed by atoms with Crippen LogP contribution in [0.4, 0.5) is 5.00 Å². The molecule has 0 spiro atoms. The monoisotopic (exact) mass is 535 g/mol. The molecule has 2 aliphatic rings. The molecule has 3 heterocycles. The Bertz CT molecular complexity index is 1220. The van der Waals surface area contributed by atoms with Gasteiger partial charge in [-0.3, -0.25) is 9.69 Å². The summed E-state index contributed by atoms with van der Waals surface area (Å²) in [5, 5.41) is 3.34. The van der Waals surface area contributed by atoms with Crippen LogP contribution in [0.25, 0.3) is 0 Å². The first-order valence-corrected chi connectivity index (χ1v) is 14.5. The largest absolute Gasteiger partial charge is 0.462 e. The van der Waals surface area contributed by atoms with Crippen LogP contribution >= 0.6 is 11.3 Å².